The zero-order valence-electron chi connectivity index (χ0n) is 12.6. The Bertz CT molecular complexity index is 343. The molecule has 6 heteroatoms. The largest absolute Gasteiger partial charge is 0.478 e. The van der Waals surface area contributed by atoms with E-state index in [1.165, 1.54) is 0 Å². The van der Waals surface area contributed by atoms with Gasteiger partial charge in [-0.2, -0.15) is 0 Å². The second-order valence-corrected chi connectivity index (χ2v) is 5.55. The van der Waals surface area contributed by atoms with Crippen molar-refractivity contribution in [3.63, 3.8) is 0 Å². The third-order valence-electron chi connectivity index (χ3n) is 3.55. The van der Waals surface area contributed by atoms with Crippen molar-refractivity contribution in [3.8, 4) is 0 Å². The summed E-state index contributed by atoms with van der Waals surface area (Å²) < 4.78 is 11.1. The van der Waals surface area contributed by atoms with Gasteiger partial charge in [0.1, 0.15) is 6.10 Å². The molecule has 5 atom stereocenters. The van der Waals surface area contributed by atoms with Crippen LogP contribution >= 0.6 is 0 Å². The Morgan fingerprint density at radius 3 is 2.76 bits per heavy atom. The lowest BCUT2D eigenvalue weighted by Crippen LogP contribution is -2.48. The average Bonchev–Trinajstić information content (AvgIpc) is 2.39. The number of allylic oxidation sites excluding steroid dienone is 1. The molecule has 1 aliphatic rings. The van der Waals surface area contributed by atoms with Crippen LogP contribution in [-0.4, -0.2) is 52.0 Å². The van der Waals surface area contributed by atoms with Crippen LogP contribution in [0.15, 0.2) is 12.2 Å². The molecule has 0 aromatic heterocycles. The molecule has 1 aliphatic heterocycles. The first kappa shape index (κ1) is 18.1. The van der Waals surface area contributed by atoms with Crippen LogP contribution < -0.4 is 0 Å². The zero-order valence-corrected chi connectivity index (χ0v) is 12.6. The molecule has 21 heavy (non-hydrogen) atoms. The molecule has 0 saturated carbocycles. The molecule has 0 aliphatic carbocycles. The minimum atomic E-state index is -0.925. The molecule has 1 saturated heterocycles. The van der Waals surface area contributed by atoms with E-state index in [0.717, 1.165) is 31.8 Å². The van der Waals surface area contributed by atoms with E-state index < -0.39 is 24.5 Å². The molecule has 0 spiro atoms. The van der Waals surface area contributed by atoms with Crippen molar-refractivity contribution in [2.45, 2.75) is 76.7 Å². The quantitative estimate of drug-likeness (QED) is 0.464. The molecular formula is C15H26O6. The second-order valence-electron chi connectivity index (χ2n) is 5.55. The van der Waals surface area contributed by atoms with E-state index in [2.05, 4.69) is 0 Å². The number of ether oxygens (including phenoxy) is 2. The Kier molecular flexibility index (Phi) is 7.88. The van der Waals surface area contributed by atoms with E-state index in [0.29, 0.717) is 0 Å². The number of aliphatic carboxylic acids is 1. The maximum absolute atomic E-state index is 10.3. The van der Waals surface area contributed by atoms with Gasteiger partial charge in [0.05, 0.1) is 18.3 Å². The van der Waals surface area contributed by atoms with Gasteiger partial charge in [-0.15, -0.1) is 0 Å². The fraction of sp³-hybridized carbons (Fsp3) is 0.800. The number of rotatable bonds is 8. The lowest BCUT2D eigenvalue weighted by atomic mass is 10.0. The van der Waals surface area contributed by atoms with Gasteiger partial charge in [0.15, 0.2) is 6.29 Å². The van der Waals surface area contributed by atoms with Crippen molar-refractivity contribution in [2.75, 3.05) is 0 Å². The number of hydrogen-bond donors (Lipinski definition) is 3. The maximum atomic E-state index is 10.3. The lowest BCUT2D eigenvalue weighted by Gasteiger charge is -2.36. The normalized spacial score (nSPS) is 31.4. The maximum Gasteiger partial charge on any atom is 0.327 e. The van der Waals surface area contributed by atoms with Gasteiger partial charge in [-0.05, 0) is 33.1 Å². The highest BCUT2D eigenvalue weighted by molar-refractivity contribution is 5.79. The summed E-state index contributed by atoms with van der Waals surface area (Å²) in [5.74, 6) is -0.925. The van der Waals surface area contributed by atoms with Crippen molar-refractivity contribution in [3.05, 3.63) is 12.2 Å². The number of carboxylic acid groups (broad SMARTS) is 1. The van der Waals surface area contributed by atoms with Crippen LogP contribution in [0.1, 0.15) is 46.0 Å². The first-order valence-corrected chi connectivity index (χ1v) is 7.46. The minimum Gasteiger partial charge on any atom is -0.478 e. The highest BCUT2D eigenvalue weighted by Gasteiger charge is 2.35. The van der Waals surface area contributed by atoms with Gasteiger partial charge in [0.2, 0.25) is 0 Å². The summed E-state index contributed by atoms with van der Waals surface area (Å²) in [6.45, 7) is 3.67. The fourth-order valence-electron chi connectivity index (χ4n) is 2.24. The summed E-state index contributed by atoms with van der Waals surface area (Å²) in [5, 5.41) is 27.8. The third kappa shape index (κ3) is 7.04. The van der Waals surface area contributed by atoms with E-state index in [4.69, 9.17) is 14.6 Å². The van der Waals surface area contributed by atoms with Gasteiger partial charge in [-0.3, -0.25) is 0 Å². The highest BCUT2D eigenvalue weighted by atomic mass is 16.7. The van der Waals surface area contributed by atoms with E-state index in [9.17, 15) is 15.0 Å². The first-order chi connectivity index (χ1) is 9.90. The molecule has 3 N–H and O–H groups in total. The minimum absolute atomic E-state index is 0.0597. The SMILES string of the molecule is CC1O[C@@H](O[C@H](C)CCCC/C=C/C(=O)O)C(O)C[C@H]1O. The van der Waals surface area contributed by atoms with Crippen LogP contribution in [0.25, 0.3) is 0 Å². The van der Waals surface area contributed by atoms with Crippen molar-refractivity contribution >= 4 is 5.97 Å². The molecule has 0 bridgehead atoms. The summed E-state index contributed by atoms with van der Waals surface area (Å²) in [4.78, 5) is 10.3. The number of aliphatic hydroxyl groups excluding tert-OH is 2. The molecule has 2 unspecified atom stereocenters. The van der Waals surface area contributed by atoms with Crippen LogP contribution in [0.3, 0.4) is 0 Å². The lowest BCUT2D eigenvalue weighted by molar-refractivity contribution is -0.273. The summed E-state index contributed by atoms with van der Waals surface area (Å²) in [6.07, 6.45) is 3.84. The van der Waals surface area contributed by atoms with Gasteiger partial charge in [0.25, 0.3) is 0 Å². The average molecular weight is 302 g/mol. The molecule has 0 aromatic carbocycles. The number of carbonyl (C=O) groups is 1. The molecule has 6 nitrogen and oxygen atoms in total. The fourth-order valence-corrected chi connectivity index (χ4v) is 2.24. The Morgan fingerprint density at radius 1 is 1.38 bits per heavy atom. The number of unbranched alkanes of at least 4 members (excludes halogenated alkanes) is 2. The second kappa shape index (κ2) is 9.15. The number of aliphatic hydroxyl groups is 2. The van der Waals surface area contributed by atoms with Crippen LogP contribution in [0.5, 0.6) is 0 Å². The van der Waals surface area contributed by atoms with Gasteiger partial charge < -0.3 is 24.8 Å². The molecular weight excluding hydrogens is 276 g/mol. The summed E-state index contributed by atoms with van der Waals surface area (Å²) in [5.41, 5.74) is 0. The smallest absolute Gasteiger partial charge is 0.327 e. The number of carboxylic acids is 1. The Morgan fingerprint density at radius 2 is 2.10 bits per heavy atom. The van der Waals surface area contributed by atoms with Gasteiger partial charge in [0, 0.05) is 12.5 Å². The number of hydrogen-bond acceptors (Lipinski definition) is 5. The van der Waals surface area contributed by atoms with Gasteiger partial charge in [-0.1, -0.05) is 12.5 Å². The monoisotopic (exact) mass is 302 g/mol. The van der Waals surface area contributed by atoms with E-state index in [1.807, 2.05) is 6.92 Å². The summed E-state index contributed by atoms with van der Waals surface area (Å²) in [7, 11) is 0. The van der Waals surface area contributed by atoms with Crippen LogP contribution in [0.4, 0.5) is 0 Å². The van der Waals surface area contributed by atoms with Crippen molar-refractivity contribution in [1.82, 2.24) is 0 Å². The zero-order chi connectivity index (χ0) is 15.8. The van der Waals surface area contributed by atoms with E-state index in [-0.39, 0.29) is 18.6 Å². The Balaban J connectivity index is 2.18. The molecule has 0 aromatic rings. The predicted molar refractivity (Wildman–Crippen MR) is 76.8 cm³/mol. The Labute approximate surface area is 125 Å². The highest BCUT2D eigenvalue weighted by Crippen LogP contribution is 2.23. The first-order valence-electron chi connectivity index (χ1n) is 7.46. The molecule has 0 amide bonds. The standard InChI is InChI=1S/C15H26O6/c1-10(7-5-3-4-6-8-14(18)19)20-15-13(17)9-12(16)11(2)21-15/h6,8,10-13,15-17H,3-5,7,9H2,1-2H3,(H,18,19)/b8-6+/t10-,11?,12-,13?,15-/m1/s1. The molecule has 1 rings (SSSR count). The van der Waals surface area contributed by atoms with Crippen molar-refractivity contribution < 1.29 is 29.6 Å². The van der Waals surface area contributed by atoms with Crippen LogP contribution in [-0.2, 0) is 14.3 Å². The third-order valence-corrected chi connectivity index (χ3v) is 3.55. The topological polar surface area (TPSA) is 96.2 Å². The van der Waals surface area contributed by atoms with Gasteiger partial charge in [-0.25, -0.2) is 4.79 Å². The van der Waals surface area contributed by atoms with Crippen molar-refractivity contribution in [1.29, 1.82) is 0 Å². The van der Waals surface area contributed by atoms with Crippen LogP contribution in [0.2, 0.25) is 0 Å². The van der Waals surface area contributed by atoms with Gasteiger partial charge >= 0.3 is 5.97 Å². The Hall–Kier alpha value is -0.950. The van der Waals surface area contributed by atoms with E-state index >= 15 is 0 Å². The molecule has 1 heterocycles. The van der Waals surface area contributed by atoms with Crippen LogP contribution in [0, 0.1) is 0 Å². The molecule has 1 fully saturated rings. The van der Waals surface area contributed by atoms with Crippen molar-refractivity contribution in [2.24, 2.45) is 0 Å². The summed E-state index contributed by atoms with van der Waals surface area (Å²) >= 11 is 0. The summed E-state index contributed by atoms with van der Waals surface area (Å²) in [6, 6.07) is 0. The predicted octanol–water partition coefficient (Wildman–Crippen LogP) is 1.45. The molecule has 122 valence electrons. The molecule has 0 radical (unpaired) electrons. The van der Waals surface area contributed by atoms with E-state index in [1.54, 1.807) is 13.0 Å².